The van der Waals surface area contributed by atoms with Crippen molar-refractivity contribution in [1.82, 2.24) is 4.57 Å². The first-order chi connectivity index (χ1) is 16.5. The molecule has 0 unspecified atom stereocenters. The molecule has 0 N–H and O–H groups in total. The van der Waals surface area contributed by atoms with Crippen LogP contribution in [0.5, 0.6) is 0 Å². The average molecular weight is 460 g/mol. The molecule has 0 atom stereocenters. The van der Waals surface area contributed by atoms with Crippen molar-refractivity contribution in [3.05, 3.63) is 112 Å². The van der Waals surface area contributed by atoms with Crippen LogP contribution in [0.4, 0.5) is 0 Å². The zero-order chi connectivity index (χ0) is 25.0. The van der Waals surface area contributed by atoms with E-state index in [-0.39, 0.29) is 16.3 Å². The van der Waals surface area contributed by atoms with E-state index >= 15 is 0 Å². The molecule has 0 aliphatic carbocycles. The first-order valence-corrected chi connectivity index (χ1v) is 12.3. The minimum Gasteiger partial charge on any atom is -0.309 e. The molecule has 0 spiro atoms. The molecule has 4 aromatic carbocycles. The summed E-state index contributed by atoms with van der Waals surface area (Å²) in [5, 5.41) is 1.53. The van der Waals surface area contributed by atoms with E-state index in [4.69, 9.17) is 0 Å². The lowest BCUT2D eigenvalue weighted by molar-refractivity contribution is 0.591. The van der Waals surface area contributed by atoms with E-state index < -0.39 is 0 Å². The average Bonchev–Trinajstić information content (AvgIpc) is 2.83. The second kappa shape index (κ2) is 8.23. The molecule has 0 saturated heterocycles. The van der Waals surface area contributed by atoms with Crippen LogP contribution in [0.1, 0.15) is 52.7 Å². The van der Waals surface area contributed by atoms with Gasteiger partial charge in [-0.1, -0.05) is 96.1 Å². The number of fused-ring (bicyclic) bond motifs is 2. The van der Waals surface area contributed by atoms with Crippen LogP contribution in [0.2, 0.25) is 0 Å². The SMILES string of the molecule is CC(C)(C)c1ccc2c(c1)c(=O)c1cc(C(C)(C)C)ccc1n2-c1ccc(-c2ccccc2)cc1. The Morgan fingerprint density at radius 1 is 0.543 bits per heavy atom. The first kappa shape index (κ1) is 23.1. The predicted octanol–water partition coefficient (Wildman–Crippen LogP) is 8.41. The summed E-state index contributed by atoms with van der Waals surface area (Å²) in [5.74, 6) is 0. The highest BCUT2D eigenvalue weighted by molar-refractivity contribution is 5.96. The number of hydrogen-bond donors (Lipinski definition) is 0. The number of aromatic nitrogens is 1. The van der Waals surface area contributed by atoms with Crippen molar-refractivity contribution in [2.75, 3.05) is 0 Å². The monoisotopic (exact) mass is 459 g/mol. The largest absolute Gasteiger partial charge is 0.309 e. The van der Waals surface area contributed by atoms with Gasteiger partial charge in [0.1, 0.15) is 0 Å². The zero-order valence-electron chi connectivity index (χ0n) is 21.5. The smallest absolute Gasteiger partial charge is 0.197 e. The van der Waals surface area contributed by atoms with E-state index in [1.54, 1.807) is 0 Å². The van der Waals surface area contributed by atoms with Crippen molar-refractivity contribution in [3.63, 3.8) is 0 Å². The van der Waals surface area contributed by atoms with Crippen LogP contribution in [0, 0.1) is 0 Å². The molecule has 2 heteroatoms. The normalized spacial score (nSPS) is 12.4. The summed E-state index contributed by atoms with van der Waals surface area (Å²) in [6, 6.07) is 31.8. The molecule has 35 heavy (non-hydrogen) atoms. The van der Waals surface area contributed by atoms with Gasteiger partial charge in [0.15, 0.2) is 5.43 Å². The molecule has 2 nitrogen and oxygen atoms in total. The van der Waals surface area contributed by atoms with Gasteiger partial charge in [-0.15, -0.1) is 0 Å². The number of benzene rings is 4. The maximum atomic E-state index is 13.9. The zero-order valence-corrected chi connectivity index (χ0v) is 21.5. The van der Waals surface area contributed by atoms with Crippen molar-refractivity contribution >= 4 is 21.8 Å². The molecule has 5 aromatic rings. The number of nitrogens with zero attached hydrogens (tertiary/aromatic N) is 1. The Kier molecular flexibility index (Phi) is 5.44. The Labute approximate surface area is 207 Å². The van der Waals surface area contributed by atoms with Gasteiger partial charge in [0.05, 0.1) is 11.0 Å². The molecule has 0 aliphatic heterocycles. The summed E-state index contributed by atoms with van der Waals surface area (Å²) in [6.07, 6.45) is 0. The molecule has 176 valence electrons. The Balaban J connectivity index is 1.82. The molecule has 0 amide bonds. The lowest BCUT2D eigenvalue weighted by Crippen LogP contribution is -2.16. The van der Waals surface area contributed by atoms with Crippen molar-refractivity contribution in [2.24, 2.45) is 0 Å². The van der Waals surface area contributed by atoms with E-state index in [2.05, 4.69) is 131 Å². The number of rotatable bonds is 2. The fourth-order valence-corrected chi connectivity index (χ4v) is 4.75. The molecular weight excluding hydrogens is 426 g/mol. The van der Waals surface area contributed by atoms with Gasteiger partial charge >= 0.3 is 0 Å². The molecule has 0 saturated carbocycles. The second-order valence-electron chi connectivity index (χ2n) is 11.5. The fraction of sp³-hybridized carbons (Fsp3) is 0.242. The van der Waals surface area contributed by atoms with Crippen molar-refractivity contribution in [2.45, 2.75) is 52.4 Å². The lowest BCUT2D eigenvalue weighted by Gasteiger charge is -2.23. The third kappa shape index (κ3) is 4.18. The molecule has 0 radical (unpaired) electrons. The van der Waals surface area contributed by atoms with Crippen LogP contribution in [-0.2, 0) is 10.8 Å². The molecule has 0 fully saturated rings. The van der Waals surface area contributed by atoms with Gasteiger partial charge in [-0.25, -0.2) is 0 Å². The fourth-order valence-electron chi connectivity index (χ4n) is 4.75. The Morgan fingerprint density at radius 3 is 1.46 bits per heavy atom. The van der Waals surface area contributed by atoms with Gasteiger partial charge < -0.3 is 4.57 Å². The summed E-state index contributed by atoms with van der Waals surface area (Å²) >= 11 is 0. The Bertz CT molecular complexity index is 1510. The van der Waals surface area contributed by atoms with Crippen LogP contribution in [0.15, 0.2) is 95.8 Å². The Hall–Kier alpha value is -3.65. The highest BCUT2D eigenvalue weighted by Gasteiger charge is 2.20. The summed E-state index contributed by atoms with van der Waals surface area (Å²) in [7, 11) is 0. The van der Waals surface area contributed by atoms with Crippen LogP contribution >= 0.6 is 0 Å². The van der Waals surface area contributed by atoms with Gasteiger partial charge in [0.2, 0.25) is 0 Å². The highest BCUT2D eigenvalue weighted by atomic mass is 16.1. The van der Waals surface area contributed by atoms with E-state index in [0.29, 0.717) is 0 Å². The van der Waals surface area contributed by atoms with Crippen LogP contribution < -0.4 is 5.43 Å². The number of hydrogen-bond acceptors (Lipinski definition) is 1. The topological polar surface area (TPSA) is 22.0 Å². The summed E-state index contributed by atoms with van der Waals surface area (Å²) in [5.41, 5.74) is 7.65. The van der Waals surface area contributed by atoms with Gasteiger partial charge in [0, 0.05) is 16.5 Å². The van der Waals surface area contributed by atoms with Crippen molar-refractivity contribution in [1.29, 1.82) is 0 Å². The molecule has 1 heterocycles. The first-order valence-electron chi connectivity index (χ1n) is 12.3. The van der Waals surface area contributed by atoms with E-state index in [1.165, 1.54) is 22.3 Å². The maximum Gasteiger partial charge on any atom is 0.197 e. The van der Waals surface area contributed by atoms with E-state index in [0.717, 1.165) is 27.5 Å². The molecule has 0 bridgehead atoms. The van der Waals surface area contributed by atoms with Gasteiger partial charge in [-0.05, 0) is 69.5 Å². The highest BCUT2D eigenvalue weighted by Crippen LogP contribution is 2.32. The van der Waals surface area contributed by atoms with Crippen molar-refractivity contribution in [3.8, 4) is 16.8 Å². The number of pyridine rings is 1. The predicted molar refractivity (Wildman–Crippen MR) is 150 cm³/mol. The summed E-state index contributed by atoms with van der Waals surface area (Å²) in [6.45, 7) is 13.1. The molecule has 5 rings (SSSR count). The third-order valence-electron chi connectivity index (χ3n) is 6.93. The Morgan fingerprint density at radius 2 is 1.00 bits per heavy atom. The van der Waals surface area contributed by atoms with Gasteiger partial charge in [-0.2, -0.15) is 0 Å². The minimum atomic E-state index is -0.0367. The van der Waals surface area contributed by atoms with E-state index in [1.807, 2.05) is 6.07 Å². The van der Waals surface area contributed by atoms with Crippen LogP contribution in [0.25, 0.3) is 38.6 Å². The standard InChI is InChI=1S/C33H33NO/c1-32(2,3)24-14-18-29-27(20-24)31(35)28-21-25(33(4,5)6)15-19-30(28)34(29)26-16-12-23(13-17-26)22-10-8-7-9-11-22/h7-21H,1-6H3. The van der Waals surface area contributed by atoms with E-state index in [9.17, 15) is 4.79 Å². The third-order valence-corrected chi connectivity index (χ3v) is 6.93. The molecule has 1 aromatic heterocycles. The second-order valence-corrected chi connectivity index (χ2v) is 11.5. The van der Waals surface area contributed by atoms with Gasteiger partial charge in [0.25, 0.3) is 0 Å². The molecular formula is C33H33NO. The van der Waals surface area contributed by atoms with Gasteiger partial charge in [-0.3, -0.25) is 4.79 Å². The summed E-state index contributed by atoms with van der Waals surface area (Å²) < 4.78 is 2.24. The molecule has 0 aliphatic rings. The maximum absolute atomic E-state index is 13.9. The summed E-state index contributed by atoms with van der Waals surface area (Å²) in [4.78, 5) is 13.9. The van der Waals surface area contributed by atoms with Crippen LogP contribution in [-0.4, -0.2) is 4.57 Å². The quantitative estimate of drug-likeness (QED) is 0.243. The minimum absolute atomic E-state index is 0.0367. The lowest BCUT2D eigenvalue weighted by atomic mass is 9.85. The van der Waals surface area contributed by atoms with Crippen LogP contribution in [0.3, 0.4) is 0 Å². The van der Waals surface area contributed by atoms with Crippen molar-refractivity contribution < 1.29 is 0 Å².